The molecule has 184 valence electrons. The van der Waals surface area contributed by atoms with Crippen molar-refractivity contribution in [3.05, 3.63) is 145 Å². The molecule has 8 rings (SSSR count). The number of fused-ring (bicyclic) bond motifs is 6. The van der Waals surface area contributed by atoms with Gasteiger partial charge in [0.2, 0.25) is 0 Å². The van der Waals surface area contributed by atoms with E-state index in [0.717, 1.165) is 0 Å². The maximum Gasteiger partial charge on any atom is 0.0159 e. The molecule has 0 nitrogen and oxygen atoms in total. The van der Waals surface area contributed by atoms with Crippen LogP contribution in [0.2, 0.25) is 0 Å². The minimum atomic E-state index is -0.0314. The Labute approximate surface area is 229 Å². The van der Waals surface area contributed by atoms with Crippen LogP contribution in [0.3, 0.4) is 0 Å². The lowest BCUT2D eigenvalue weighted by molar-refractivity contribution is 0.661. The molecule has 0 amide bonds. The highest BCUT2D eigenvalue weighted by Crippen LogP contribution is 2.50. The van der Waals surface area contributed by atoms with E-state index in [9.17, 15) is 0 Å². The number of hydrogen-bond acceptors (Lipinski definition) is 0. The topological polar surface area (TPSA) is 0 Å². The second kappa shape index (κ2) is 8.16. The van der Waals surface area contributed by atoms with Gasteiger partial charge in [0, 0.05) is 5.41 Å². The Morgan fingerprint density at radius 1 is 0.333 bits per heavy atom. The van der Waals surface area contributed by atoms with Crippen molar-refractivity contribution in [3.63, 3.8) is 0 Å². The van der Waals surface area contributed by atoms with Gasteiger partial charge in [-0.2, -0.15) is 0 Å². The highest BCUT2D eigenvalue weighted by atomic mass is 14.4. The summed E-state index contributed by atoms with van der Waals surface area (Å²) < 4.78 is 0. The average Bonchev–Trinajstić information content (AvgIpc) is 3.20. The zero-order valence-electron chi connectivity index (χ0n) is 22.2. The minimum Gasteiger partial charge on any atom is -0.0616 e. The van der Waals surface area contributed by atoms with Crippen LogP contribution in [0.15, 0.2) is 133 Å². The van der Waals surface area contributed by atoms with Crippen LogP contribution in [0, 0.1) is 0 Å². The van der Waals surface area contributed by atoms with Crippen molar-refractivity contribution in [1.82, 2.24) is 0 Å². The van der Waals surface area contributed by atoms with Crippen LogP contribution in [-0.2, 0) is 5.41 Å². The monoisotopic (exact) mass is 496 g/mol. The molecule has 0 spiro atoms. The van der Waals surface area contributed by atoms with Crippen molar-refractivity contribution < 1.29 is 0 Å². The lowest BCUT2D eigenvalue weighted by atomic mass is 9.81. The SMILES string of the molecule is CC1(C)c2cc(-c3ccc4cc(-c5ccc6ccccc6c5)ccc4c3)ccc2-c2cc3ccccc3cc21. The molecule has 0 saturated carbocycles. The first kappa shape index (κ1) is 22.3. The highest BCUT2D eigenvalue weighted by Gasteiger charge is 2.35. The average molecular weight is 497 g/mol. The summed E-state index contributed by atoms with van der Waals surface area (Å²) in [5, 5.41) is 7.72. The summed E-state index contributed by atoms with van der Waals surface area (Å²) in [6.07, 6.45) is 0. The lowest BCUT2D eigenvalue weighted by Crippen LogP contribution is -2.15. The Morgan fingerprint density at radius 2 is 0.744 bits per heavy atom. The fourth-order valence-electron chi connectivity index (χ4n) is 6.57. The standard InChI is InChI=1S/C39H28/c1-39(2)37-24-34(17-18-35(37)36-22-27-9-5-6-10-28(27)23-38(36)39)33-16-15-31-20-30(13-14-32(31)21-33)29-12-11-25-7-3-4-8-26(25)19-29/h3-24H,1-2H3. The Kier molecular flexibility index (Phi) is 4.67. The molecule has 0 atom stereocenters. The number of benzene rings is 7. The summed E-state index contributed by atoms with van der Waals surface area (Å²) >= 11 is 0. The van der Waals surface area contributed by atoms with Gasteiger partial charge in [-0.05, 0) is 113 Å². The number of rotatable bonds is 2. The van der Waals surface area contributed by atoms with Gasteiger partial charge in [0.1, 0.15) is 0 Å². The van der Waals surface area contributed by atoms with Gasteiger partial charge in [0.05, 0.1) is 0 Å². The van der Waals surface area contributed by atoms with E-state index in [0.29, 0.717) is 0 Å². The first-order valence-electron chi connectivity index (χ1n) is 13.8. The molecular formula is C39H28. The molecular weight excluding hydrogens is 468 g/mol. The maximum absolute atomic E-state index is 2.42. The smallest absolute Gasteiger partial charge is 0.0159 e. The zero-order chi connectivity index (χ0) is 26.1. The fourth-order valence-corrected chi connectivity index (χ4v) is 6.57. The molecule has 0 heteroatoms. The fraction of sp³-hybridized carbons (Fsp3) is 0.0769. The van der Waals surface area contributed by atoms with Crippen molar-refractivity contribution in [2.75, 3.05) is 0 Å². The molecule has 7 aromatic carbocycles. The third kappa shape index (κ3) is 3.45. The number of hydrogen-bond donors (Lipinski definition) is 0. The van der Waals surface area contributed by atoms with Crippen molar-refractivity contribution in [1.29, 1.82) is 0 Å². The van der Waals surface area contributed by atoms with E-state index in [4.69, 9.17) is 0 Å². The van der Waals surface area contributed by atoms with Crippen molar-refractivity contribution in [3.8, 4) is 33.4 Å². The summed E-state index contributed by atoms with van der Waals surface area (Å²) in [6, 6.07) is 49.5. The third-order valence-electron chi connectivity index (χ3n) is 8.80. The van der Waals surface area contributed by atoms with Crippen molar-refractivity contribution in [2.45, 2.75) is 19.3 Å². The molecule has 0 radical (unpaired) electrons. The molecule has 39 heavy (non-hydrogen) atoms. The Hall–Kier alpha value is -4.68. The zero-order valence-corrected chi connectivity index (χ0v) is 22.2. The maximum atomic E-state index is 2.42. The normalized spacial score (nSPS) is 13.6. The summed E-state index contributed by atoms with van der Waals surface area (Å²) in [7, 11) is 0. The van der Waals surface area contributed by atoms with Gasteiger partial charge in [0.25, 0.3) is 0 Å². The van der Waals surface area contributed by atoms with Gasteiger partial charge in [0.15, 0.2) is 0 Å². The first-order chi connectivity index (χ1) is 19.0. The van der Waals surface area contributed by atoms with E-state index in [1.54, 1.807) is 0 Å². The van der Waals surface area contributed by atoms with Gasteiger partial charge in [-0.25, -0.2) is 0 Å². The van der Waals surface area contributed by atoms with Gasteiger partial charge in [-0.1, -0.05) is 111 Å². The van der Waals surface area contributed by atoms with Crippen LogP contribution in [0.1, 0.15) is 25.0 Å². The van der Waals surface area contributed by atoms with Crippen LogP contribution in [0.25, 0.3) is 65.7 Å². The van der Waals surface area contributed by atoms with Crippen molar-refractivity contribution >= 4 is 32.3 Å². The molecule has 1 aliphatic carbocycles. The van der Waals surface area contributed by atoms with E-state index < -0.39 is 0 Å². The van der Waals surface area contributed by atoms with Gasteiger partial charge >= 0.3 is 0 Å². The Balaban J connectivity index is 1.18. The quantitative estimate of drug-likeness (QED) is 0.223. The van der Waals surface area contributed by atoms with Crippen LogP contribution < -0.4 is 0 Å². The molecule has 0 saturated heterocycles. The van der Waals surface area contributed by atoms with Gasteiger partial charge in [-0.15, -0.1) is 0 Å². The van der Waals surface area contributed by atoms with Crippen LogP contribution >= 0.6 is 0 Å². The van der Waals surface area contributed by atoms with Crippen LogP contribution in [0.4, 0.5) is 0 Å². The van der Waals surface area contributed by atoms with E-state index >= 15 is 0 Å². The van der Waals surface area contributed by atoms with Gasteiger partial charge in [-0.3, -0.25) is 0 Å². The molecule has 0 aromatic heterocycles. The predicted octanol–water partition coefficient (Wildman–Crippen LogP) is 10.8. The molecule has 7 aromatic rings. The molecule has 0 fully saturated rings. The van der Waals surface area contributed by atoms with Crippen LogP contribution in [0.5, 0.6) is 0 Å². The summed E-state index contributed by atoms with van der Waals surface area (Å²) in [6.45, 7) is 4.73. The van der Waals surface area contributed by atoms with E-state index in [2.05, 4.69) is 147 Å². The summed E-state index contributed by atoms with van der Waals surface area (Å²) in [4.78, 5) is 0. The summed E-state index contributed by atoms with van der Waals surface area (Å²) in [5.74, 6) is 0. The third-order valence-corrected chi connectivity index (χ3v) is 8.80. The van der Waals surface area contributed by atoms with Gasteiger partial charge < -0.3 is 0 Å². The van der Waals surface area contributed by atoms with E-state index in [1.165, 1.54) is 76.8 Å². The first-order valence-corrected chi connectivity index (χ1v) is 13.8. The largest absolute Gasteiger partial charge is 0.0616 e. The second-order valence-electron chi connectivity index (χ2n) is 11.5. The Bertz CT molecular complexity index is 2090. The molecule has 1 aliphatic rings. The molecule has 0 bridgehead atoms. The molecule has 0 unspecified atom stereocenters. The highest BCUT2D eigenvalue weighted by molar-refractivity contribution is 5.96. The molecule has 0 aliphatic heterocycles. The predicted molar refractivity (Wildman–Crippen MR) is 167 cm³/mol. The van der Waals surface area contributed by atoms with E-state index in [-0.39, 0.29) is 5.41 Å². The second-order valence-corrected chi connectivity index (χ2v) is 11.5. The van der Waals surface area contributed by atoms with Crippen molar-refractivity contribution in [2.24, 2.45) is 0 Å². The van der Waals surface area contributed by atoms with E-state index in [1.807, 2.05) is 0 Å². The molecule has 0 heterocycles. The molecule has 0 N–H and O–H groups in total. The summed E-state index contributed by atoms with van der Waals surface area (Å²) in [5.41, 5.74) is 10.6. The van der Waals surface area contributed by atoms with Crippen LogP contribution in [-0.4, -0.2) is 0 Å². The Morgan fingerprint density at radius 3 is 1.36 bits per heavy atom. The lowest BCUT2D eigenvalue weighted by Gasteiger charge is -2.22. The minimum absolute atomic E-state index is 0.0314.